The van der Waals surface area contributed by atoms with Crippen molar-refractivity contribution in [1.82, 2.24) is 9.97 Å². The number of carbonyl (C=O) groups is 1. The maximum Gasteiger partial charge on any atom is 0.221 e. The first-order valence-corrected chi connectivity index (χ1v) is 7.04. The normalized spacial score (nSPS) is 12.1. The van der Waals surface area contributed by atoms with E-state index in [0.29, 0.717) is 22.5 Å². The number of carbonyl (C=O) groups excluding carboxylic acids is 1. The van der Waals surface area contributed by atoms with Gasteiger partial charge in [-0.15, -0.1) is 0 Å². The molecule has 0 unspecified atom stereocenters. The van der Waals surface area contributed by atoms with E-state index >= 15 is 0 Å². The fourth-order valence-electron chi connectivity index (χ4n) is 2.98. The minimum absolute atomic E-state index is 0.0347. The summed E-state index contributed by atoms with van der Waals surface area (Å²) in [6, 6.07) is 15.3. The SMILES string of the molecule is Cc1cccc2c1-c1nc(N)nc(-c3ccccc3)c1C2=O. The van der Waals surface area contributed by atoms with Crippen LogP contribution in [-0.2, 0) is 0 Å². The molecule has 0 amide bonds. The largest absolute Gasteiger partial charge is 0.368 e. The standard InChI is InChI=1S/C18H13N3O/c1-10-6-5-9-12-13(10)16-14(17(12)22)15(20-18(19)21-16)11-7-3-2-4-8-11/h2-9H,1H3,(H2,19,20,21). The van der Waals surface area contributed by atoms with E-state index < -0.39 is 0 Å². The van der Waals surface area contributed by atoms with E-state index in [1.54, 1.807) is 0 Å². The van der Waals surface area contributed by atoms with Gasteiger partial charge >= 0.3 is 0 Å². The van der Waals surface area contributed by atoms with Crippen molar-refractivity contribution in [2.45, 2.75) is 6.92 Å². The average molecular weight is 287 g/mol. The maximum absolute atomic E-state index is 12.8. The second-order valence-corrected chi connectivity index (χ2v) is 5.35. The summed E-state index contributed by atoms with van der Waals surface area (Å²) in [7, 11) is 0. The predicted molar refractivity (Wildman–Crippen MR) is 85.5 cm³/mol. The van der Waals surface area contributed by atoms with Gasteiger partial charge in [0.05, 0.1) is 17.0 Å². The highest BCUT2D eigenvalue weighted by atomic mass is 16.1. The Kier molecular flexibility index (Phi) is 2.60. The molecule has 1 aliphatic carbocycles. The molecule has 1 heterocycles. The van der Waals surface area contributed by atoms with Crippen LogP contribution in [0.5, 0.6) is 0 Å². The molecule has 0 spiro atoms. The molecule has 2 aromatic carbocycles. The summed E-state index contributed by atoms with van der Waals surface area (Å²) in [5.41, 5.74) is 11.1. The lowest BCUT2D eigenvalue weighted by Gasteiger charge is -2.08. The molecule has 4 rings (SSSR count). The number of nitrogens with zero attached hydrogens (tertiary/aromatic N) is 2. The van der Waals surface area contributed by atoms with Crippen LogP contribution in [0, 0.1) is 6.92 Å². The Morgan fingerprint density at radius 2 is 1.59 bits per heavy atom. The summed E-state index contributed by atoms with van der Waals surface area (Å²) in [5, 5.41) is 0. The third-order valence-corrected chi connectivity index (χ3v) is 3.95. The van der Waals surface area contributed by atoms with Gasteiger partial charge in [-0.25, -0.2) is 9.97 Å². The lowest BCUT2D eigenvalue weighted by Crippen LogP contribution is -2.05. The minimum Gasteiger partial charge on any atom is -0.368 e. The van der Waals surface area contributed by atoms with Gasteiger partial charge in [0, 0.05) is 16.7 Å². The number of hydrogen-bond donors (Lipinski definition) is 1. The Bertz CT molecular complexity index is 917. The molecule has 1 aromatic heterocycles. The number of nitrogens with two attached hydrogens (primary N) is 1. The Balaban J connectivity index is 2.09. The van der Waals surface area contributed by atoms with Crippen LogP contribution in [0.2, 0.25) is 0 Å². The molecule has 4 nitrogen and oxygen atoms in total. The van der Waals surface area contributed by atoms with Crippen molar-refractivity contribution in [3.63, 3.8) is 0 Å². The van der Waals surface area contributed by atoms with E-state index in [1.165, 1.54) is 0 Å². The van der Waals surface area contributed by atoms with Crippen LogP contribution in [-0.4, -0.2) is 15.8 Å². The summed E-state index contributed by atoms with van der Waals surface area (Å²) in [6.45, 7) is 1.97. The van der Waals surface area contributed by atoms with Gasteiger partial charge in [0.2, 0.25) is 5.95 Å². The van der Waals surface area contributed by atoms with Crippen LogP contribution >= 0.6 is 0 Å². The lowest BCUT2D eigenvalue weighted by atomic mass is 10.0. The quantitative estimate of drug-likeness (QED) is 0.583. The Labute approximate surface area is 127 Å². The topological polar surface area (TPSA) is 68.9 Å². The van der Waals surface area contributed by atoms with Gasteiger partial charge in [0.15, 0.2) is 5.78 Å². The third kappa shape index (κ3) is 1.67. The van der Waals surface area contributed by atoms with E-state index in [1.807, 2.05) is 55.5 Å². The fraction of sp³-hybridized carbons (Fsp3) is 0.0556. The van der Waals surface area contributed by atoms with Crippen molar-refractivity contribution in [1.29, 1.82) is 0 Å². The van der Waals surface area contributed by atoms with Gasteiger partial charge in [0.1, 0.15) is 0 Å². The molecule has 0 atom stereocenters. The number of rotatable bonds is 1. The van der Waals surface area contributed by atoms with Gasteiger partial charge < -0.3 is 5.73 Å². The molecular formula is C18H13N3O. The van der Waals surface area contributed by atoms with Crippen molar-refractivity contribution in [2.24, 2.45) is 0 Å². The van der Waals surface area contributed by atoms with Gasteiger partial charge in [-0.3, -0.25) is 4.79 Å². The van der Waals surface area contributed by atoms with E-state index in [0.717, 1.165) is 16.7 Å². The molecule has 0 bridgehead atoms. The Morgan fingerprint density at radius 1 is 0.864 bits per heavy atom. The molecule has 0 saturated carbocycles. The van der Waals surface area contributed by atoms with Crippen molar-refractivity contribution in [2.75, 3.05) is 5.73 Å². The molecule has 106 valence electrons. The monoisotopic (exact) mass is 287 g/mol. The summed E-state index contributed by atoms with van der Waals surface area (Å²) >= 11 is 0. The van der Waals surface area contributed by atoms with E-state index in [4.69, 9.17) is 5.73 Å². The maximum atomic E-state index is 12.8. The molecule has 3 aromatic rings. The van der Waals surface area contributed by atoms with Gasteiger partial charge in [0.25, 0.3) is 0 Å². The number of anilines is 1. The summed E-state index contributed by atoms with van der Waals surface area (Å²) in [6.07, 6.45) is 0. The molecular weight excluding hydrogens is 274 g/mol. The zero-order valence-corrected chi connectivity index (χ0v) is 12.0. The van der Waals surface area contributed by atoms with Crippen LogP contribution in [0.4, 0.5) is 5.95 Å². The number of aromatic nitrogens is 2. The van der Waals surface area contributed by atoms with E-state index in [9.17, 15) is 4.79 Å². The number of benzene rings is 2. The molecule has 22 heavy (non-hydrogen) atoms. The molecule has 0 radical (unpaired) electrons. The smallest absolute Gasteiger partial charge is 0.221 e. The highest BCUT2D eigenvalue weighted by Crippen LogP contribution is 2.41. The second-order valence-electron chi connectivity index (χ2n) is 5.35. The Hall–Kier alpha value is -3.01. The molecule has 0 aliphatic heterocycles. The highest BCUT2D eigenvalue weighted by molar-refractivity contribution is 6.24. The van der Waals surface area contributed by atoms with Crippen molar-refractivity contribution in [3.8, 4) is 22.5 Å². The van der Waals surface area contributed by atoms with Crippen LogP contribution < -0.4 is 5.73 Å². The van der Waals surface area contributed by atoms with Crippen LogP contribution in [0.1, 0.15) is 21.5 Å². The third-order valence-electron chi connectivity index (χ3n) is 3.95. The average Bonchev–Trinajstić information content (AvgIpc) is 2.82. The summed E-state index contributed by atoms with van der Waals surface area (Å²) in [4.78, 5) is 21.5. The van der Waals surface area contributed by atoms with Crippen LogP contribution in [0.25, 0.3) is 22.5 Å². The first-order valence-electron chi connectivity index (χ1n) is 7.04. The number of nitrogen functional groups attached to an aromatic ring is 1. The summed E-state index contributed by atoms with van der Waals surface area (Å²) < 4.78 is 0. The van der Waals surface area contributed by atoms with Crippen LogP contribution in [0.3, 0.4) is 0 Å². The van der Waals surface area contributed by atoms with Crippen LogP contribution in [0.15, 0.2) is 48.5 Å². The molecule has 1 aliphatic rings. The van der Waals surface area contributed by atoms with Crippen molar-refractivity contribution >= 4 is 11.7 Å². The first kappa shape index (κ1) is 12.7. The highest BCUT2D eigenvalue weighted by Gasteiger charge is 2.33. The minimum atomic E-state index is -0.0347. The summed E-state index contributed by atoms with van der Waals surface area (Å²) in [5.74, 6) is 0.147. The Morgan fingerprint density at radius 3 is 2.36 bits per heavy atom. The first-order chi connectivity index (χ1) is 10.7. The zero-order chi connectivity index (χ0) is 15.3. The van der Waals surface area contributed by atoms with Gasteiger partial charge in [-0.05, 0) is 12.5 Å². The van der Waals surface area contributed by atoms with Crippen molar-refractivity contribution < 1.29 is 4.79 Å². The lowest BCUT2D eigenvalue weighted by molar-refractivity contribution is 0.104. The fourth-order valence-corrected chi connectivity index (χ4v) is 2.98. The number of aryl methyl sites for hydroxylation is 1. The predicted octanol–water partition coefficient (Wildman–Crippen LogP) is 3.25. The van der Waals surface area contributed by atoms with Gasteiger partial charge in [-0.1, -0.05) is 48.5 Å². The van der Waals surface area contributed by atoms with Crippen molar-refractivity contribution in [3.05, 3.63) is 65.2 Å². The number of fused-ring (bicyclic) bond motifs is 3. The zero-order valence-electron chi connectivity index (χ0n) is 12.0. The second kappa shape index (κ2) is 4.49. The van der Waals surface area contributed by atoms with E-state index in [2.05, 4.69) is 9.97 Å². The number of hydrogen-bond acceptors (Lipinski definition) is 4. The molecule has 0 saturated heterocycles. The van der Waals surface area contributed by atoms with Gasteiger partial charge in [-0.2, -0.15) is 0 Å². The molecule has 4 heteroatoms. The molecule has 2 N–H and O–H groups in total. The van der Waals surface area contributed by atoms with E-state index in [-0.39, 0.29) is 11.7 Å². The molecule has 0 fully saturated rings. The number of ketones is 1.